The van der Waals surface area contributed by atoms with Gasteiger partial charge in [-0.3, -0.25) is 0 Å². The van der Waals surface area contributed by atoms with E-state index >= 15 is 0 Å². The number of benzene rings is 4. The van der Waals surface area contributed by atoms with Crippen LogP contribution in [0.2, 0.25) is 0 Å². The van der Waals surface area contributed by atoms with Crippen LogP contribution in [0.5, 0.6) is 11.5 Å². The topological polar surface area (TPSA) is 60.4 Å². The molecule has 6 nitrogen and oxygen atoms in total. The summed E-state index contributed by atoms with van der Waals surface area (Å²) >= 11 is 1.64. The van der Waals surface area contributed by atoms with Gasteiger partial charge >= 0.3 is 5.97 Å². The molecule has 0 N–H and O–H groups in total. The molecule has 7 heteroatoms. The minimum absolute atomic E-state index is 0.299. The number of carbonyl (C=O) groups is 1. The molecule has 0 aliphatic heterocycles. The second-order valence-corrected chi connectivity index (χ2v) is 9.90. The van der Waals surface area contributed by atoms with E-state index in [1.807, 2.05) is 60.7 Å². The van der Waals surface area contributed by atoms with E-state index in [-0.39, 0.29) is 5.97 Å². The molecule has 0 atom stereocenters. The van der Waals surface area contributed by atoms with Gasteiger partial charge in [-0.15, -0.1) is 0 Å². The van der Waals surface area contributed by atoms with Crippen molar-refractivity contribution in [2.45, 2.75) is 25.8 Å². The van der Waals surface area contributed by atoms with E-state index in [0.717, 1.165) is 33.5 Å². The predicted molar refractivity (Wildman–Crippen MR) is 162 cm³/mol. The fourth-order valence-corrected chi connectivity index (χ4v) is 5.03. The number of hydrogen-bond donors (Lipinski definition) is 0. The Balaban J connectivity index is 1.75. The van der Waals surface area contributed by atoms with Gasteiger partial charge in [0.15, 0.2) is 5.17 Å². The van der Waals surface area contributed by atoms with Gasteiger partial charge in [0.05, 0.1) is 32.1 Å². The molecule has 0 spiro atoms. The third kappa shape index (κ3) is 8.13. The second-order valence-electron chi connectivity index (χ2n) is 8.96. The van der Waals surface area contributed by atoms with Crippen LogP contribution in [0.4, 0.5) is 5.69 Å². The number of aliphatic imine (C=N–C) groups is 1. The highest BCUT2D eigenvalue weighted by molar-refractivity contribution is 8.13. The summed E-state index contributed by atoms with van der Waals surface area (Å²) in [4.78, 5) is 20.1. The SMILES string of the molecule is CCOC(=O)c1ccccc1N=C(SCc1ccccc1)N(Cc1ccc(OC)cc1)Cc1ccc(OC)cc1. The van der Waals surface area contributed by atoms with Crippen molar-refractivity contribution in [3.8, 4) is 11.5 Å². The number of esters is 1. The molecule has 206 valence electrons. The van der Waals surface area contributed by atoms with Gasteiger partial charge in [0, 0.05) is 18.8 Å². The van der Waals surface area contributed by atoms with Gasteiger partial charge in [0.25, 0.3) is 0 Å². The zero-order chi connectivity index (χ0) is 28.2. The number of para-hydroxylation sites is 1. The van der Waals surface area contributed by atoms with E-state index in [1.165, 1.54) is 5.56 Å². The summed E-state index contributed by atoms with van der Waals surface area (Å²) in [6.45, 7) is 3.32. The molecule has 0 heterocycles. The predicted octanol–water partition coefficient (Wildman–Crippen LogP) is 7.50. The number of nitrogens with zero attached hydrogens (tertiary/aromatic N) is 2. The molecular weight excluding hydrogens is 520 g/mol. The van der Waals surface area contributed by atoms with Crippen molar-refractivity contribution in [1.29, 1.82) is 0 Å². The Morgan fingerprint density at radius 2 is 1.27 bits per heavy atom. The molecule has 0 saturated heterocycles. The minimum atomic E-state index is -0.383. The first-order chi connectivity index (χ1) is 19.6. The molecule has 4 aromatic rings. The highest BCUT2D eigenvalue weighted by Crippen LogP contribution is 2.27. The lowest BCUT2D eigenvalue weighted by atomic mass is 10.1. The number of ether oxygens (including phenoxy) is 3. The van der Waals surface area contributed by atoms with Gasteiger partial charge in [-0.2, -0.15) is 0 Å². The van der Waals surface area contributed by atoms with Crippen molar-refractivity contribution in [1.82, 2.24) is 4.90 Å². The molecular formula is C33H34N2O4S. The molecule has 0 aliphatic carbocycles. The van der Waals surface area contributed by atoms with Crippen molar-refractivity contribution in [3.05, 3.63) is 125 Å². The van der Waals surface area contributed by atoms with Crippen molar-refractivity contribution in [3.63, 3.8) is 0 Å². The third-order valence-electron chi connectivity index (χ3n) is 6.16. The lowest BCUT2D eigenvalue weighted by Crippen LogP contribution is -2.28. The summed E-state index contributed by atoms with van der Waals surface area (Å²) in [6, 6.07) is 33.7. The largest absolute Gasteiger partial charge is 0.497 e. The standard InChI is InChI=1S/C33H34N2O4S/c1-4-39-32(36)30-12-8-9-13-31(30)34-33(40-24-27-10-6-5-7-11-27)35(22-25-14-18-28(37-2)19-15-25)23-26-16-20-29(38-3)21-17-26/h5-21H,4,22-24H2,1-3H3. The summed E-state index contributed by atoms with van der Waals surface area (Å²) in [5, 5.41) is 0.798. The van der Waals surface area contributed by atoms with Crippen LogP contribution in [0.15, 0.2) is 108 Å². The van der Waals surface area contributed by atoms with Gasteiger partial charge in [0.2, 0.25) is 0 Å². The second kappa shape index (κ2) is 14.8. The Hall–Kier alpha value is -4.23. The van der Waals surface area contributed by atoms with E-state index in [0.29, 0.717) is 30.9 Å². The lowest BCUT2D eigenvalue weighted by Gasteiger charge is -2.27. The van der Waals surface area contributed by atoms with Gasteiger partial charge in [-0.05, 0) is 60.0 Å². The van der Waals surface area contributed by atoms with Gasteiger partial charge in [-0.1, -0.05) is 78.5 Å². The Labute approximate surface area is 240 Å². The summed E-state index contributed by atoms with van der Waals surface area (Å²) in [5.74, 6) is 1.96. The van der Waals surface area contributed by atoms with Gasteiger partial charge in [-0.25, -0.2) is 9.79 Å². The zero-order valence-corrected chi connectivity index (χ0v) is 23.9. The first-order valence-corrected chi connectivity index (χ1v) is 14.1. The van der Waals surface area contributed by atoms with Crippen LogP contribution in [0.3, 0.4) is 0 Å². The van der Waals surface area contributed by atoms with Crippen LogP contribution in [0, 0.1) is 0 Å². The Kier molecular flexibility index (Phi) is 10.6. The van der Waals surface area contributed by atoms with Crippen LogP contribution in [0.25, 0.3) is 0 Å². The Bertz CT molecular complexity index is 1340. The highest BCUT2D eigenvalue weighted by Gasteiger charge is 2.18. The van der Waals surface area contributed by atoms with Crippen LogP contribution in [-0.2, 0) is 23.6 Å². The molecule has 0 radical (unpaired) electrons. The third-order valence-corrected chi connectivity index (χ3v) is 7.25. The molecule has 0 fully saturated rings. The minimum Gasteiger partial charge on any atom is -0.497 e. The smallest absolute Gasteiger partial charge is 0.340 e. The lowest BCUT2D eigenvalue weighted by molar-refractivity contribution is 0.0527. The fourth-order valence-electron chi connectivity index (χ4n) is 4.07. The summed E-state index contributed by atoms with van der Waals surface area (Å²) in [7, 11) is 3.33. The molecule has 40 heavy (non-hydrogen) atoms. The maximum atomic E-state index is 12.8. The number of hydrogen-bond acceptors (Lipinski definition) is 6. The van der Waals surface area contributed by atoms with Crippen molar-refractivity contribution in [2.24, 2.45) is 4.99 Å². The molecule has 0 unspecified atom stereocenters. The zero-order valence-electron chi connectivity index (χ0n) is 23.1. The normalized spacial score (nSPS) is 11.1. The van der Waals surface area contributed by atoms with Gasteiger partial charge in [0.1, 0.15) is 11.5 Å². The fraction of sp³-hybridized carbons (Fsp3) is 0.212. The number of methoxy groups -OCH3 is 2. The quantitative estimate of drug-likeness (QED) is 0.109. The average molecular weight is 555 g/mol. The van der Waals surface area contributed by atoms with Gasteiger partial charge < -0.3 is 19.1 Å². The van der Waals surface area contributed by atoms with Crippen molar-refractivity contribution >= 4 is 28.6 Å². The van der Waals surface area contributed by atoms with E-state index in [4.69, 9.17) is 19.2 Å². The maximum Gasteiger partial charge on any atom is 0.340 e. The summed E-state index contributed by atoms with van der Waals surface area (Å²) < 4.78 is 16.1. The average Bonchev–Trinajstić information content (AvgIpc) is 3.00. The van der Waals surface area contributed by atoms with Crippen LogP contribution >= 0.6 is 11.8 Å². The van der Waals surface area contributed by atoms with Crippen LogP contribution in [-0.4, -0.2) is 36.9 Å². The number of carbonyl (C=O) groups excluding carboxylic acids is 1. The molecule has 0 amide bonds. The van der Waals surface area contributed by atoms with E-state index in [9.17, 15) is 4.79 Å². The van der Waals surface area contributed by atoms with Crippen LogP contribution in [0.1, 0.15) is 34.0 Å². The Morgan fingerprint density at radius 1 is 0.725 bits per heavy atom. The number of amidine groups is 1. The highest BCUT2D eigenvalue weighted by atomic mass is 32.2. The molecule has 0 aromatic heterocycles. The summed E-state index contributed by atoms with van der Waals surface area (Å²) in [5.41, 5.74) is 4.43. The molecule has 0 aliphatic rings. The number of thioether (sulfide) groups is 1. The molecule has 4 aromatic carbocycles. The molecule has 4 rings (SSSR count). The van der Waals surface area contributed by atoms with Crippen molar-refractivity contribution < 1.29 is 19.0 Å². The maximum absolute atomic E-state index is 12.8. The Morgan fingerprint density at radius 3 is 1.82 bits per heavy atom. The number of rotatable bonds is 11. The molecule has 0 saturated carbocycles. The van der Waals surface area contributed by atoms with E-state index in [1.54, 1.807) is 39.0 Å². The van der Waals surface area contributed by atoms with Crippen LogP contribution < -0.4 is 9.47 Å². The molecule has 0 bridgehead atoms. The van der Waals surface area contributed by atoms with E-state index in [2.05, 4.69) is 41.3 Å². The van der Waals surface area contributed by atoms with E-state index < -0.39 is 0 Å². The van der Waals surface area contributed by atoms with Crippen molar-refractivity contribution in [2.75, 3.05) is 20.8 Å². The summed E-state index contributed by atoms with van der Waals surface area (Å²) in [6.07, 6.45) is 0. The first kappa shape index (κ1) is 28.8. The first-order valence-electron chi connectivity index (χ1n) is 13.1. The monoisotopic (exact) mass is 554 g/mol.